The maximum Gasteiger partial charge on any atom is -0.0171 e. The maximum absolute atomic E-state index is 2.37. The van der Waals surface area contributed by atoms with Gasteiger partial charge in [0.15, 0.2) is 0 Å². The summed E-state index contributed by atoms with van der Waals surface area (Å²) in [6.07, 6.45) is 13.1. The maximum atomic E-state index is 2.37. The summed E-state index contributed by atoms with van der Waals surface area (Å²) in [5.41, 5.74) is 2.62. The van der Waals surface area contributed by atoms with Crippen molar-refractivity contribution < 1.29 is 0 Å². The van der Waals surface area contributed by atoms with E-state index in [1.807, 2.05) is 0 Å². The van der Waals surface area contributed by atoms with Crippen molar-refractivity contribution in [3.05, 3.63) is 143 Å². The van der Waals surface area contributed by atoms with Crippen LogP contribution >= 0.6 is 0 Å². The van der Waals surface area contributed by atoms with Gasteiger partial charge < -0.3 is 0 Å². The highest BCUT2D eigenvalue weighted by atomic mass is 14.1. The van der Waals surface area contributed by atoms with Crippen molar-refractivity contribution in [2.45, 2.75) is 0 Å². The van der Waals surface area contributed by atoms with Crippen molar-refractivity contribution in [3.8, 4) is 0 Å². The number of rotatable bonds is 0. The van der Waals surface area contributed by atoms with E-state index in [1.54, 1.807) is 0 Å². The first-order chi connectivity index (χ1) is 21.7. The Labute approximate surface area is 252 Å². The zero-order valence-corrected chi connectivity index (χ0v) is 23.9. The van der Waals surface area contributed by atoms with Crippen molar-refractivity contribution in [2.24, 2.45) is 0 Å². The molecular formula is C44H24. The predicted molar refractivity (Wildman–Crippen MR) is 193 cm³/mol. The summed E-state index contributed by atoms with van der Waals surface area (Å²) in [5.74, 6) is 0. The fourth-order valence-corrected chi connectivity index (χ4v) is 7.77. The number of benzene rings is 9. The average Bonchev–Trinajstić information content (AvgIpc) is 3.68. The predicted octanol–water partition coefficient (Wildman–Crippen LogP) is 10.5. The first-order valence-electron chi connectivity index (χ1n) is 15.4. The molecule has 0 nitrogen and oxygen atoms in total. The molecule has 0 aliphatic heterocycles. The average molecular weight is 553 g/mol. The van der Waals surface area contributed by atoms with E-state index in [2.05, 4.69) is 146 Å². The molecule has 0 heterocycles. The second kappa shape index (κ2) is 8.01. The highest BCUT2D eigenvalue weighted by molar-refractivity contribution is 6.13. The molecule has 0 fully saturated rings. The molecule has 200 valence electrons. The second-order valence-electron chi connectivity index (χ2n) is 12.8. The first-order valence-corrected chi connectivity index (χ1v) is 15.4. The van der Waals surface area contributed by atoms with Crippen LogP contribution < -0.4 is 10.4 Å². The Kier molecular flexibility index (Phi) is 4.15. The Bertz CT molecular complexity index is 2810. The van der Waals surface area contributed by atoms with Gasteiger partial charge in [-0.25, -0.2) is 0 Å². The molecule has 11 rings (SSSR count). The largest absolute Gasteiger partial charge is 0.0610 e. The van der Waals surface area contributed by atoms with Crippen LogP contribution in [0, 0.1) is 0 Å². The van der Waals surface area contributed by atoms with Gasteiger partial charge in [0.25, 0.3) is 0 Å². The van der Waals surface area contributed by atoms with Crippen LogP contribution in [-0.2, 0) is 0 Å². The number of allylic oxidation sites excluding steroid dienone is 2. The molecular weight excluding hydrogens is 528 g/mol. The molecule has 0 N–H and O–H groups in total. The van der Waals surface area contributed by atoms with Gasteiger partial charge in [-0.2, -0.15) is 0 Å². The lowest BCUT2D eigenvalue weighted by atomic mass is 9.94. The molecule has 0 amide bonds. The number of fused-ring (bicyclic) bond motifs is 10. The topological polar surface area (TPSA) is 0 Å². The molecule has 0 spiro atoms. The lowest BCUT2D eigenvalue weighted by Gasteiger charge is -2.10. The van der Waals surface area contributed by atoms with E-state index >= 15 is 0 Å². The molecule has 0 atom stereocenters. The van der Waals surface area contributed by atoms with Crippen molar-refractivity contribution in [2.75, 3.05) is 0 Å². The fourth-order valence-electron chi connectivity index (χ4n) is 7.77. The van der Waals surface area contributed by atoms with Crippen molar-refractivity contribution in [1.29, 1.82) is 0 Å². The normalized spacial score (nSPS) is 13.6. The van der Waals surface area contributed by atoms with Gasteiger partial charge in [0.2, 0.25) is 0 Å². The Morgan fingerprint density at radius 1 is 0.205 bits per heavy atom. The van der Waals surface area contributed by atoms with Crippen LogP contribution in [0.2, 0.25) is 0 Å². The zero-order chi connectivity index (χ0) is 28.5. The Morgan fingerprint density at radius 3 is 0.659 bits per heavy atom. The van der Waals surface area contributed by atoms with Gasteiger partial charge in [-0.15, -0.1) is 0 Å². The van der Waals surface area contributed by atoms with Gasteiger partial charge in [0.05, 0.1) is 0 Å². The van der Waals surface area contributed by atoms with Gasteiger partial charge in [-0.1, -0.05) is 36.5 Å². The minimum atomic E-state index is 1.29. The Hall–Kier alpha value is -5.72. The van der Waals surface area contributed by atoms with Crippen LogP contribution in [0.4, 0.5) is 0 Å². The highest BCUT2D eigenvalue weighted by Crippen LogP contribution is 2.35. The van der Waals surface area contributed by atoms with E-state index in [4.69, 9.17) is 0 Å². The van der Waals surface area contributed by atoms with Gasteiger partial charge >= 0.3 is 0 Å². The van der Waals surface area contributed by atoms with E-state index in [-0.39, 0.29) is 0 Å². The van der Waals surface area contributed by atoms with Crippen LogP contribution in [0.3, 0.4) is 0 Å². The van der Waals surface area contributed by atoms with Crippen LogP contribution in [0.25, 0.3) is 110 Å². The van der Waals surface area contributed by atoms with Crippen molar-refractivity contribution in [1.82, 2.24) is 0 Å². The molecule has 0 aromatic heterocycles. The molecule has 0 saturated carbocycles. The van der Waals surface area contributed by atoms with Gasteiger partial charge in [0, 0.05) is 0 Å². The lowest BCUT2D eigenvalue weighted by molar-refractivity contribution is 1.66. The summed E-state index contributed by atoms with van der Waals surface area (Å²) < 4.78 is 0. The summed E-state index contributed by atoms with van der Waals surface area (Å²) in [7, 11) is 0. The number of hydrogen-bond donors (Lipinski definition) is 0. The smallest absolute Gasteiger partial charge is 0.0171 e. The Balaban J connectivity index is 1.10. The van der Waals surface area contributed by atoms with Gasteiger partial charge in [-0.3, -0.25) is 0 Å². The molecule has 0 heteroatoms. The highest BCUT2D eigenvalue weighted by Gasteiger charge is 2.09. The van der Waals surface area contributed by atoms with E-state index in [9.17, 15) is 0 Å². The van der Waals surface area contributed by atoms with E-state index in [0.29, 0.717) is 0 Å². The standard InChI is InChI=1S/C44H24/c1-3-25-7-29-11-33-15-37-19-41-23-43-21-39-17-35-13-31-9-27-5-2-6-28(27)10-32(31)14-36(35)18-40(39)22-44(43)24-42(41)20-38(37)16-34(33)12-30(29)8-26(25)4-1/h1-24H. The Morgan fingerprint density at radius 2 is 0.409 bits per heavy atom. The molecule has 2 aliphatic rings. The van der Waals surface area contributed by atoms with E-state index in [0.717, 1.165) is 0 Å². The molecule has 0 unspecified atom stereocenters. The molecule has 2 aliphatic carbocycles. The summed E-state index contributed by atoms with van der Waals surface area (Å²) in [6.45, 7) is 0. The minimum absolute atomic E-state index is 1.29. The second-order valence-corrected chi connectivity index (χ2v) is 12.8. The fraction of sp³-hybridized carbons (Fsp3) is 0. The van der Waals surface area contributed by atoms with E-state index in [1.165, 1.54) is 108 Å². The number of hydrogen-bond acceptors (Lipinski definition) is 0. The summed E-state index contributed by atoms with van der Waals surface area (Å²) in [4.78, 5) is 0. The molecule has 0 saturated heterocycles. The van der Waals surface area contributed by atoms with Crippen LogP contribution in [0.5, 0.6) is 0 Å². The van der Waals surface area contributed by atoms with Crippen LogP contribution in [0.1, 0.15) is 11.1 Å². The van der Waals surface area contributed by atoms with Crippen molar-refractivity contribution >= 4 is 110 Å². The van der Waals surface area contributed by atoms with E-state index < -0.39 is 0 Å². The molecule has 44 heavy (non-hydrogen) atoms. The molecule has 9 aromatic carbocycles. The lowest BCUT2D eigenvalue weighted by Crippen LogP contribution is -2.00. The zero-order valence-electron chi connectivity index (χ0n) is 23.9. The van der Waals surface area contributed by atoms with Crippen LogP contribution in [-0.4, -0.2) is 0 Å². The quantitative estimate of drug-likeness (QED) is 0.164. The molecule has 9 aromatic rings. The summed E-state index contributed by atoms with van der Waals surface area (Å²) in [6, 6.07) is 42.4. The SMILES string of the molecule is C1=Cc2cc3cc4cc5cc6cc7cc8cc9cc%10cc%11c(cc%10cc9cc8cc7cc6cc5cc4cc3cc2=C1)C=CC=%11. The van der Waals surface area contributed by atoms with Gasteiger partial charge in [-0.05, 0) is 217 Å². The summed E-state index contributed by atoms with van der Waals surface area (Å²) in [5, 5.41) is 23.3. The van der Waals surface area contributed by atoms with Crippen molar-refractivity contribution in [3.63, 3.8) is 0 Å². The van der Waals surface area contributed by atoms with Gasteiger partial charge in [0.1, 0.15) is 0 Å². The third-order valence-electron chi connectivity index (χ3n) is 10.0. The third kappa shape index (κ3) is 3.23. The third-order valence-corrected chi connectivity index (χ3v) is 10.0. The molecule has 0 radical (unpaired) electrons. The first kappa shape index (κ1) is 22.8. The van der Waals surface area contributed by atoms with Crippen LogP contribution in [0.15, 0.2) is 121 Å². The monoisotopic (exact) mass is 552 g/mol. The summed E-state index contributed by atoms with van der Waals surface area (Å²) >= 11 is 0. The molecule has 0 bridgehead atoms. The minimum Gasteiger partial charge on any atom is -0.0610 e.